The lowest BCUT2D eigenvalue weighted by atomic mass is 10.1. The van der Waals surface area contributed by atoms with E-state index < -0.39 is 0 Å². The first kappa shape index (κ1) is 13.6. The van der Waals surface area contributed by atoms with Gasteiger partial charge in [-0.25, -0.2) is 0 Å². The maximum atomic E-state index is 9.15. The average molecular weight is 230 g/mol. The van der Waals surface area contributed by atoms with Gasteiger partial charge in [-0.2, -0.15) is 0 Å². The van der Waals surface area contributed by atoms with Crippen LogP contribution in [0.3, 0.4) is 0 Å². The van der Waals surface area contributed by atoms with Crippen molar-refractivity contribution < 1.29 is 5.11 Å². The number of rotatable bonds is 6. The monoisotopic (exact) mass is 230 g/mol. The van der Waals surface area contributed by atoms with Crippen molar-refractivity contribution in [2.75, 3.05) is 0 Å². The van der Waals surface area contributed by atoms with Crippen LogP contribution in [0.25, 0.3) is 6.08 Å². The normalized spacial score (nSPS) is 12.2. The molecular formula is C16H22O. The predicted molar refractivity (Wildman–Crippen MR) is 75.0 cm³/mol. The van der Waals surface area contributed by atoms with Gasteiger partial charge in [0.15, 0.2) is 0 Å². The molecule has 0 aromatic heterocycles. The highest BCUT2D eigenvalue weighted by atomic mass is 16.3. The smallest absolute Gasteiger partial charge is 0.115 e. The molecule has 0 aliphatic rings. The molecule has 1 heteroatoms. The minimum atomic E-state index is 0.320. The van der Waals surface area contributed by atoms with Crippen molar-refractivity contribution >= 4 is 6.08 Å². The summed E-state index contributed by atoms with van der Waals surface area (Å²) in [6, 6.07) is 7.27. The van der Waals surface area contributed by atoms with Gasteiger partial charge in [0, 0.05) is 0 Å². The summed E-state index contributed by atoms with van der Waals surface area (Å²) in [5, 5.41) is 9.15. The van der Waals surface area contributed by atoms with Gasteiger partial charge in [-0.05, 0) is 43.9 Å². The maximum absolute atomic E-state index is 9.15. The molecule has 0 aliphatic carbocycles. The fourth-order valence-electron chi connectivity index (χ4n) is 1.73. The summed E-state index contributed by atoms with van der Waals surface area (Å²) in [4.78, 5) is 0. The Balaban J connectivity index is 2.31. The van der Waals surface area contributed by atoms with Crippen molar-refractivity contribution in [1.29, 1.82) is 0 Å². The van der Waals surface area contributed by atoms with Gasteiger partial charge in [0.1, 0.15) is 5.75 Å². The Hall–Kier alpha value is -1.50. The lowest BCUT2D eigenvalue weighted by Gasteiger charge is -1.97. The van der Waals surface area contributed by atoms with E-state index in [-0.39, 0.29) is 0 Å². The highest BCUT2D eigenvalue weighted by Gasteiger charge is 1.88. The number of allylic oxidation sites excluding steroid dienone is 3. The van der Waals surface area contributed by atoms with Crippen molar-refractivity contribution in [3.8, 4) is 5.75 Å². The van der Waals surface area contributed by atoms with Gasteiger partial charge in [0.2, 0.25) is 0 Å². The van der Waals surface area contributed by atoms with Crippen LogP contribution < -0.4 is 0 Å². The van der Waals surface area contributed by atoms with Crippen molar-refractivity contribution in [3.63, 3.8) is 0 Å². The Bertz CT molecular complexity index is 371. The van der Waals surface area contributed by atoms with E-state index in [9.17, 15) is 0 Å². The van der Waals surface area contributed by atoms with Crippen LogP contribution in [-0.2, 0) is 0 Å². The largest absolute Gasteiger partial charge is 0.508 e. The summed E-state index contributed by atoms with van der Waals surface area (Å²) in [6.07, 6.45) is 11.2. The number of phenols is 1. The van der Waals surface area contributed by atoms with E-state index in [1.165, 1.54) is 18.4 Å². The highest BCUT2D eigenvalue weighted by Crippen LogP contribution is 2.11. The van der Waals surface area contributed by atoms with E-state index in [1.807, 2.05) is 12.1 Å². The molecule has 0 spiro atoms. The predicted octanol–water partition coefficient (Wildman–Crippen LogP) is 4.93. The number of hydrogen-bond acceptors (Lipinski definition) is 1. The van der Waals surface area contributed by atoms with Gasteiger partial charge < -0.3 is 5.11 Å². The van der Waals surface area contributed by atoms with Crippen LogP contribution in [0.15, 0.2) is 42.0 Å². The molecule has 1 N–H and O–H groups in total. The molecule has 0 aliphatic heterocycles. The van der Waals surface area contributed by atoms with Crippen molar-refractivity contribution in [3.05, 3.63) is 47.6 Å². The van der Waals surface area contributed by atoms with Crippen LogP contribution in [0, 0.1) is 0 Å². The molecular weight excluding hydrogens is 208 g/mol. The van der Waals surface area contributed by atoms with Gasteiger partial charge in [-0.3, -0.25) is 0 Å². The van der Waals surface area contributed by atoms with Crippen molar-refractivity contribution in [2.45, 2.75) is 39.5 Å². The van der Waals surface area contributed by atoms with Crippen molar-refractivity contribution in [2.24, 2.45) is 0 Å². The molecule has 0 unspecified atom stereocenters. The molecule has 92 valence electrons. The number of benzene rings is 1. The lowest BCUT2D eigenvalue weighted by molar-refractivity contribution is 0.475. The van der Waals surface area contributed by atoms with Crippen LogP contribution in [0.1, 0.15) is 45.1 Å². The fraction of sp³-hybridized carbons (Fsp3) is 0.375. The minimum Gasteiger partial charge on any atom is -0.508 e. The maximum Gasteiger partial charge on any atom is 0.115 e. The fourth-order valence-corrected chi connectivity index (χ4v) is 1.73. The van der Waals surface area contributed by atoms with E-state index >= 15 is 0 Å². The molecule has 0 fully saturated rings. The topological polar surface area (TPSA) is 20.2 Å². The summed E-state index contributed by atoms with van der Waals surface area (Å²) in [5.74, 6) is 0.320. The van der Waals surface area contributed by atoms with E-state index in [4.69, 9.17) is 5.11 Å². The quantitative estimate of drug-likeness (QED) is 0.542. The second kappa shape index (κ2) is 7.72. The van der Waals surface area contributed by atoms with Gasteiger partial charge in [-0.15, -0.1) is 0 Å². The van der Waals surface area contributed by atoms with E-state index in [0.29, 0.717) is 5.75 Å². The summed E-state index contributed by atoms with van der Waals surface area (Å²) >= 11 is 0. The first-order valence-electron chi connectivity index (χ1n) is 6.33. The molecule has 1 rings (SSSR count). The Morgan fingerprint density at radius 2 is 1.88 bits per heavy atom. The standard InChI is InChI=1S/C16H22O/c1-3-7-14(2)8-5-4-6-9-15-10-12-16(17)13-11-15/h6,8-13,17H,3-5,7H2,1-2H3/b9-6+,14-8-. The van der Waals surface area contributed by atoms with Crippen LogP contribution in [0.2, 0.25) is 0 Å². The molecule has 0 atom stereocenters. The van der Waals surface area contributed by atoms with Gasteiger partial charge in [-0.1, -0.05) is 49.3 Å². The molecule has 0 saturated carbocycles. The third kappa shape index (κ3) is 5.96. The number of phenolic OH excluding ortho intramolecular Hbond substituents is 1. The van der Waals surface area contributed by atoms with Gasteiger partial charge in [0.05, 0.1) is 0 Å². The molecule has 0 radical (unpaired) electrons. The molecule has 1 aromatic rings. The zero-order valence-corrected chi connectivity index (χ0v) is 10.8. The molecule has 1 nitrogen and oxygen atoms in total. The Labute approximate surface area is 104 Å². The Kier molecular flexibility index (Phi) is 6.16. The summed E-state index contributed by atoms with van der Waals surface area (Å²) in [5.41, 5.74) is 2.63. The zero-order chi connectivity index (χ0) is 12.5. The van der Waals surface area contributed by atoms with Gasteiger partial charge in [0.25, 0.3) is 0 Å². The summed E-state index contributed by atoms with van der Waals surface area (Å²) in [7, 11) is 0. The third-order valence-electron chi connectivity index (χ3n) is 2.67. The highest BCUT2D eigenvalue weighted by molar-refractivity contribution is 5.50. The first-order valence-corrected chi connectivity index (χ1v) is 6.33. The van der Waals surface area contributed by atoms with Gasteiger partial charge >= 0.3 is 0 Å². The molecule has 1 aromatic carbocycles. The Morgan fingerprint density at radius 1 is 1.18 bits per heavy atom. The molecule has 0 heterocycles. The summed E-state index contributed by atoms with van der Waals surface area (Å²) in [6.45, 7) is 4.41. The Morgan fingerprint density at radius 3 is 2.53 bits per heavy atom. The second-order valence-corrected chi connectivity index (χ2v) is 4.37. The summed E-state index contributed by atoms with van der Waals surface area (Å²) < 4.78 is 0. The molecule has 0 amide bonds. The molecule has 0 saturated heterocycles. The molecule has 17 heavy (non-hydrogen) atoms. The van der Waals surface area contributed by atoms with Crippen LogP contribution >= 0.6 is 0 Å². The van der Waals surface area contributed by atoms with E-state index in [2.05, 4.69) is 32.1 Å². The van der Waals surface area contributed by atoms with Crippen molar-refractivity contribution in [1.82, 2.24) is 0 Å². The van der Waals surface area contributed by atoms with E-state index in [1.54, 1.807) is 12.1 Å². The molecule has 0 bridgehead atoms. The van der Waals surface area contributed by atoms with Crippen LogP contribution in [0.4, 0.5) is 0 Å². The first-order chi connectivity index (χ1) is 8.22. The third-order valence-corrected chi connectivity index (χ3v) is 2.67. The van der Waals surface area contributed by atoms with Crippen LogP contribution in [0.5, 0.6) is 5.75 Å². The van der Waals surface area contributed by atoms with E-state index in [0.717, 1.165) is 18.4 Å². The van der Waals surface area contributed by atoms with Crippen LogP contribution in [-0.4, -0.2) is 5.11 Å². The number of hydrogen-bond donors (Lipinski definition) is 1. The minimum absolute atomic E-state index is 0.320. The lowest BCUT2D eigenvalue weighted by Crippen LogP contribution is -1.75. The average Bonchev–Trinajstić information content (AvgIpc) is 2.31. The number of unbranched alkanes of at least 4 members (excludes halogenated alkanes) is 1. The SMILES string of the molecule is CCC/C(C)=C\CC/C=C/c1ccc(O)cc1. The second-order valence-electron chi connectivity index (χ2n) is 4.37. The number of aromatic hydroxyl groups is 1. The zero-order valence-electron chi connectivity index (χ0n) is 10.8.